The second-order valence-corrected chi connectivity index (χ2v) is 27.0. The van der Waals surface area contributed by atoms with Crippen LogP contribution in [-0.2, 0) is 65.4 Å². The summed E-state index contributed by atoms with van der Waals surface area (Å²) >= 11 is 0. The van der Waals surface area contributed by atoms with E-state index in [2.05, 4.69) is 55.4 Å². The largest absolute Gasteiger partial charge is 0.472 e. The first kappa shape index (κ1) is 79.1. The molecular formula is C62H120O17P2. The van der Waals surface area contributed by atoms with Crippen molar-refractivity contribution in [2.24, 2.45) is 23.7 Å². The summed E-state index contributed by atoms with van der Waals surface area (Å²) in [5.41, 5.74) is 0. The van der Waals surface area contributed by atoms with E-state index in [-0.39, 0.29) is 25.7 Å². The van der Waals surface area contributed by atoms with E-state index < -0.39 is 97.5 Å². The molecule has 0 aliphatic carbocycles. The molecule has 0 aliphatic rings. The summed E-state index contributed by atoms with van der Waals surface area (Å²) in [6.45, 7) is 13.8. The van der Waals surface area contributed by atoms with Crippen molar-refractivity contribution in [1.82, 2.24) is 0 Å². The van der Waals surface area contributed by atoms with E-state index in [1.54, 1.807) is 0 Å². The van der Waals surface area contributed by atoms with E-state index in [0.29, 0.717) is 37.5 Å². The highest BCUT2D eigenvalue weighted by molar-refractivity contribution is 7.47. The Bertz CT molecular complexity index is 1630. The van der Waals surface area contributed by atoms with Crippen LogP contribution in [-0.4, -0.2) is 96.7 Å². The third kappa shape index (κ3) is 55.7. The van der Waals surface area contributed by atoms with Crippen LogP contribution in [0, 0.1) is 23.7 Å². The van der Waals surface area contributed by atoms with Crippen molar-refractivity contribution in [3.63, 3.8) is 0 Å². The van der Waals surface area contributed by atoms with E-state index in [4.69, 9.17) is 37.0 Å². The molecule has 0 saturated carbocycles. The number of aliphatic hydroxyl groups excluding tert-OH is 1. The zero-order valence-corrected chi connectivity index (χ0v) is 54.2. The van der Waals surface area contributed by atoms with Crippen molar-refractivity contribution in [1.29, 1.82) is 0 Å². The molecule has 0 saturated heterocycles. The van der Waals surface area contributed by atoms with E-state index >= 15 is 0 Å². The van der Waals surface area contributed by atoms with Crippen LogP contribution in [0.3, 0.4) is 0 Å². The molecule has 480 valence electrons. The molecule has 3 N–H and O–H groups in total. The zero-order valence-electron chi connectivity index (χ0n) is 52.4. The zero-order chi connectivity index (χ0) is 60.4. The molecule has 0 aromatic rings. The number of unbranched alkanes of at least 4 members (excludes halogenated alkanes) is 24. The topological polar surface area (TPSA) is 237 Å². The molecule has 0 rings (SSSR count). The van der Waals surface area contributed by atoms with Crippen LogP contribution in [0.2, 0.25) is 0 Å². The first-order valence-electron chi connectivity index (χ1n) is 32.2. The van der Waals surface area contributed by atoms with Crippen molar-refractivity contribution >= 4 is 39.5 Å². The lowest BCUT2D eigenvalue weighted by Gasteiger charge is -2.21. The first-order chi connectivity index (χ1) is 38.6. The van der Waals surface area contributed by atoms with Gasteiger partial charge in [-0.05, 0) is 49.4 Å². The van der Waals surface area contributed by atoms with Gasteiger partial charge < -0.3 is 33.8 Å². The molecule has 3 unspecified atom stereocenters. The summed E-state index contributed by atoms with van der Waals surface area (Å²) in [6, 6.07) is 0. The van der Waals surface area contributed by atoms with Gasteiger partial charge in [0.05, 0.1) is 26.4 Å². The quantitative estimate of drug-likeness (QED) is 0.0222. The van der Waals surface area contributed by atoms with Gasteiger partial charge in [-0.1, -0.05) is 242 Å². The number of ether oxygens (including phenoxy) is 4. The molecule has 19 heteroatoms. The average Bonchev–Trinajstić information content (AvgIpc) is 3.41. The second-order valence-electron chi connectivity index (χ2n) is 24.1. The number of carbonyl (C=O) groups excluding carboxylic acids is 4. The van der Waals surface area contributed by atoms with Crippen molar-refractivity contribution in [3.05, 3.63) is 0 Å². The predicted molar refractivity (Wildman–Crippen MR) is 321 cm³/mol. The third-order valence-electron chi connectivity index (χ3n) is 14.4. The Morgan fingerprint density at radius 2 is 0.593 bits per heavy atom. The van der Waals surface area contributed by atoms with Gasteiger partial charge in [0.25, 0.3) is 0 Å². The molecule has 0 amide bonds. The molecule has 81 heavy (non-hydrogen) atoms. The van der Waals surface area contributed by atoms with Gasteiger partial charge in [-0.2, -0.15) is 0 Å². The average molecular weight is 1200 g/mol. The van der Waals surface area contributed by atoms with Crippen LogP contribution in [0.15, 0.2) is 0 Å². The fourth-order valence-electron chi connectivity index (χ4n) is 9.04. The SMILES string of the molecule is CCC(C)CCCCCCCCC(=O)OC[C@H](COP(=O)(O)OC[C@H](O)COP(=O)(O)OC[C@@H](COC(=O)CCCCCCCCC(C)C)OC(=O)CCCCCCCCCCCCC(C)C)OC(=O)CCCCCCCCC(C)C. The van der Waals surface area contributed by atoms with Crippen LogP contribution in [0.25, 0.3) is 0 Å². The van der Waals surface area contributed by atoms with Crippen LogP contribution >= 0.6 is 15.6 Å². The van der Waals surface area contributed by atoms with Gasteiger partial charge in [0, 0.05) is 25.7 Å². The van der Waals surface area contributed by atoms with Crippen molar-refractivity contribution in [3.8, 4) is 0 Å². The van der Waals surface area contributed by atoms with Gasteiger partial charge >= 0.3 is 39.5 Å². The van der Waals surface area contributed by atoms with Gasteiger partial charge in [0.2, 0.25) is 0 Å². The minimum absolute atomic E-state index is 0.100. The second kappa shape index (κ2) is 52.4. The number of aliphatic hydroxyl groups is 1. The number of phosphoric ester groups is 2. The maximum atomic E-state index is 12.9. The maximum Gasteiger partial charge on any atom is 0.472 e. The number of esters is 4. The lowest BCUT2D eigenvalue weighted by atomic mass is 10.00. The normalized spacial score (nSPS) is 14.8. The minimum Gasteiger partial charge on any atom is -0.462 e. The molecule has 0 aromatic heterocycles. The van der Waals surface area contributed by atoms with E-state index in [9.17, 15) is 43.2 Å². The Morgan fingerprint density at radius 3 is 0.877 bits per heavy atom. The van der Waals surface area contributed by atoms with E-state index in [1.807, 2.05) is 0 Å². The Labute approximate surface area is 492 Å². The summed E-state index contributed by atoms with van der Waals surface area (Å²) in [5, 5.41) is 10.5. The highest BCUT2D eigenvalue weighted by Gasteiger charge is 2.30. The van der Waals surface area contributed by atoms with Gasteiger partial charge in [-0.25, -0.2) is 9.13 Å². The van der Waals surface area contributed by atoms with Gasteiger partial charge in [0.15, 0.2) is 12.2 Å². The molecular weight excluding hydrogens is 1080 g/mol. The molecule has 0 spiro atoms. The van der Waals surface area contributed by atoms with Gasteiger partial charge in [0.1, 0.15) is 19.3 Å². The molecule has 17 nitrogen and oxygen atoms in total. The third-order valence-corrected chi connectivity index (χ3v) is 16.3. The van der Waals surface area contributed by atoms with Crippen molar-refractivity contribution < 1.29 is 80.2 Å². The number of rotatable bonds is 59. The summed E-state index contributed by atoms with van der Waals surface area (Å²) in [7, 11) is -9.88. The highest BCUT2D eigenvalue weighted by Crippen LogP contribution is 2.45. The summed E-state index contributed by atoms with van der Waals surface area (Å²) in [4.78, 5) is 72.0. The molecule has 0 aliphatic heterocycles. The molecule has 0 heterocycles. The number of carbonyl (C=O) groups is 4. The van der Waals surface area contributed by atoms with Crippen LogP contribution < -0.4 is 0 Å². The highest BCUT2D eigenvalue weighted by atomic mass is 31.2. The fraction of sp³-hybridized carbons (Fsp3) is 0.935. The van der Waals surface area contributed by atoms with Crippen LogP contribution in [0.4, 0.5) is 0 Å². The molecule has 6 atom stereocenters. The number of hydrogen-bond donors (Lipinski definition) is 3. The monoisotopic (exact) mass is 1200 g/mol. The first-order valence-corrected chi connectivity index (χ1v) is 35.2. The Kier molecular flexibility index (Phi) is 51.1. The lowest BCUT2D eigenvalue weighted by Crippen LogP contribution is -2.30. The molecule has 0 bridgehead atoms. The Hall–Kier alpha value is -1.94. The standard InChI is InChI=1S/C62H120O17P2/c1-9-55(8)41-33-25-18-21-27-35-43-60(65)73-49-58(79-62(67)45-37-29-20-17-24-32-40-54(6)7)51-77-81(70,71)75-47-56(63)46-74-80(68,69)76-50-57(48-72-59(64)42-34-26-19-16-23-31-39-53(4)5)78-61(66)44-36-28-15-13-11-10-12-14-22-30-38-52(2)3/h52-58,63H,9-51H2,1-8H3,(H,68,69)(H,70,71)/t55?,56-,57-,58-/m1/s1. The van der Waals surface area contributed by atoms with E-state index in [0.717, 1.165) is 115 Å². The van der Waals surface area contributed by atoms with Crippen molar-refractivity contribution in [2.45, 2.75) is 311 Å². The summed E-state index contributed by atoms with van der Waals surface area (Å²) < 4.78 is 67.8. The summed E-state index contributed by atoms with van der Waals surface area (Å²) in [6.07, 6.45) is 31.1. The Balaban J connectivity index is 5.24. The lowest BCUT2D eigenvalue weighted by molar-refractivity contribution is -0.161. The molecule has 0 radical (unpaired) electrons. The van der Waals surface area contributed by atoms with Crippen LogP contribution in [0.5, 0.6) is 0 Å². The number of phosphoric acid groups is 2. The maximum absolute atomic E-state index is 12.9. The van der Waals surface area contributed by atoms with Gasteiger partial charge in [-0.3, -0.25) is 37.3 Å². The van der Waals surface area contributed by atoms with Gasteiger partial charge in [-0.15, -0.1) is 0 Å². The molecule has 0 fully saturated rings. The number of hydrogen-bond acceptors (Lipinski definition) is 15. The Morgan fingerprint density at radius 1 is 0.346 bits per heavy atom. The predicted octanol–water partition coefficient (Wildman–Crippen LogP) is 16.6. The van der Waals surface area contributed by atoms with Crippen LogP contribution in [0.1, 0.15) is 293 Å². The summed E-state index contributed by atoms with van der Waals surface area (Å²) in [5.74, 6) is 0.684. The van der Waals surface area contributed by atoms with Crippen molar-refractivity contribution in [2.75, 3.05) is 39.6 Å². The minimum atomic E-state index is -4.94. The van der Waals surface area contributed by atoms with E-state index in [1.165, 1.54) is 83.5 Å². The fourth-order valence-corrected chi connectivity index (χ4v) is 10.6. The smallest absolute Gasteiger partial charge is 0.462 e. The molecule has 0 aromatic carbocycles.